The monoisotopic (exact) mass is 338 g/mol. The lowest BCUT2D eigenvalue weighted by Crippen LogP contribution is -2.20. The van der Waals surface area contributed by atoms with Gasteiger partial charge in [0, 0.05) is 36.6 Å². The van der Waals surface area contributed by atoms with Crippen LogP contribution in [0.3, 0.4) is 0 Å². The Kier molecular flexibility index (Phi) is 3.93. The Bertz CT molecular complexity index is 945. The molecule has 25 heavy (non-hydrogen) atoms. The van der Waals surface area contributed by atoms with Crippen LogP contribution in [0.15, 0.2) is 36.7 Å². The summed E-state index contributed by atoms with van der Waals surface area (Å²) >= 11 is 0. The summed E-state index contributed by atoms with van der Waals surface area (Å²) in [5.41, 5.74) is 3.22. The molecule has 0 saturated carbocycles. The van der Waals surface area contributed by atoms with Gasteiger partial charge in [-0.15, -0.1) is 0 Å². The predicted molar refractivity (Wildman–Crippen MR) is 93.4 cm³/mol. The fourth-order valence-electron chi connectivity index (χ4n) is 3.40. The molecule has 0 aliphatic carbocycles. The lowest BCUT2D eigenvalue weighted by molar-refractivity contribution is -0.384. The van der Waals surface area contributed by atoms with E-state index in [0.29, 0.717) is 5.56 Å². The molecule has 1 aliphatic heterocycles. The molecule has 1 aliphatic rings. The summed E-state index contributed by atoms with van der Waals surface area (Å²) in [4.78, 5) is 15.4. The Morgan fingerprint density at radius 3 is 2.80 bits per heavy atom. The second-order valence-corrected chi connectivity index (χ2v) is 6.30. The van der Waals surface area contributed by atoms with E-state index in [9.17, 15) is 10.1 Å². The van der Waals surface area contributed by atoms with Gasteiger partial charge in [0.05, 0.1) is 28.2 Å². The molecule has 0 unspecified atom stereocenters. The first-order valence-corrected chi connectivity index (χ1v) is 8.30. The summed E-state index contributed by atoms with van der Waals surface area (Å²) in [5, 5.41) is 16.9. The number of aryl methyl sites for hydroxylation is 1. The van der Waals surface area contributed by atoms with E-state index in [1.165, 1.54) is 0 Å². The van der Waals surface area contributed by atoms with Gasteiger partial charge in [-0.2, -0.15) is 5.10 Å². The van der Waals surface area contributed by atoms with Gasteiger partial charge in [-0.1, -0.05) is 0 Å². The smallest absolute Gasteiger partial charge is 0.278 e. The minimum atomic E-state index is -0.337. The Hall–Kier alpha value is -2.80. The highest BCUT2D eigenvalue weighted by atomic mass is 16.6. The molecular formula is C18H18N4O3. The van der Waals surface area contributed by atoms with Crippen LogP contribution in [0.2, 0.25) is 0 Å². The van der Waals surface area contributed by atoms with Crippen molar-refractivity contribution in [3.05, 3.63) is 52.5 Å². The molecule has 3 aromatic rings. The van der Waals surface area contributed by atoms with E-state index >= 15 is 0 Å². The molecule has 0 amide bonds. The molecule has 3 heterocycles. The van der Waals surface area contributed by atoms with Crippen molar-refractivity contribution in [3.8, 4) is 11.1 Å². The third-order valence-corrected chi connectivity index (χ3v) is 4.65. The van der Waals surface area contributed by atoms with E-state index in [0.717, 1.165) is 48.2 Å². The van der Waals surface area contributed by atoms with Gasteiger partial charge in [0.1, 0.15) is 0 Å². The fraction of sp³-hybridized carbons (Fsp3) is 0.333. The largest absolute Gasteiger partial charge is 0.381 e. The van der Waals surface area contributed by atoms with Gasteiger partial charge in [-0.25, -0.2) is 0 Å². The van der Waals surface area contributed by atoms with Crippen LogP contribution in [0.4, 0.5) is 5.69 Å². The molecule has 128 valence electrons. The van der Waals surface area contributed by atoms with Crippen LogP contribution >= 0.6 is 0 Å². The van der Waals surface area contributed by atoms with E-state index in [1.54, 1.807) is 24.5 Å². The molecule has 7 nitrogen and oxygen atoms in total. The molecule has 0 atom stereocenters. The SMILES string of the molecule is Cc1cc(-c2cc3c(cnn3C3CCOCC3)cc2[N+](=O)[O-])ccn1. The van der Waals surface area contributed by atoms with Crippen molar-refractivity contribution in [2.24, 2.45) is 0 Å². The van der Waals surface area contributed by atoms with Crippen LogP contribution < -0.4 is 0 Å². The number of nitro groups is 1. The maximum absolute atomic E-state index is 11.6. The molecule has 2 aromatic heterocycles. The average molecular weight is 338 g/mol. The quantitative estimate of drug-likeness (QED) is 0.537. The summed E-state index contributed by atoms with van der Waals surface area (Å²) in [6, 6.07) is 7.42. The number of rotatable bonds is 3. The molecule has 1 fully saturated rings. The number of aromatic nitrogens is 3. The number of pyridine rings is 1. The predicted octanol–water partition coefficient (Wildman–Crippen LogP) is 3.67. The lowest BCUT2D eigenvalue weighted by atomic mass is 10.0. The van der Waals surface area contributed by atoms with Crippen LogP contribution in [-0.2, 0) is 4.74 Å². The van der Waals surface area contributed by atoms with Crippen molar-refractivity contribution in [2.75, 3.05) is 13.2 Å². The van der Waals surface area contributed by atoms with Crippen LogP contribution in [0.25, 0.3) is 22.0 Å². The zero-order chi connectivity index (χ0) is 17.4. The topological polar surface area (TPSA) is 83.1 Å². The van der Waals surface area contributed by atoms with Gasteiger partial charge in [0.2, 0.25) is 0 Å². The van der Waals surface area contributed by atoms with Crippen molar-refractivity contribution >= 4 is 16.6 Å². The molecule has 0 spiro atoms. The van der Waals surface area contributed by atoms with Crippen LogP contribution in [0.1, 0.15) is 24.6 Å². The van der Waals surface area contributed by atoms with E-state index in [2.05, 4.69) is 10.1 Å². The highest BCUT2D eigenvalue weighted by molar-refractivity contribution is 5.90. The minimum Gasteiger partial charge on any atom is -0.381 e. The summed E-state index contributed by atoms with van der Waals surface area (Å²) in [6.07, 6.45) is 5.18. The number of benzene rings is 1. The van der Waals surface area contributed by atoms with Gasteiger partial charge in [0.25, 0.3) is 5.69 Å². The second kappa shape index (κ2) is 6.25. The molecular weight excluding hydrogens is 320 g/mol. The molecule has 7 heteroatoms. The van der Waals surface area contributed by atoms with Crippen molar-refractivity contribution < 1.29 is 9.66 Å². The van der Waals surface area contributed by atoms with Crippen LogP contribution in [0.5, 0.6) is 0 Å². The lowest BCUT2D eigenvalue weighted by Gasteiger charge is -2.23. The number of hydrogen-bond donors (Lipinski definition) is 0. The molecule has 1 aromatic carbocycles. The maximum atomic E-state index is 11.6. The van der Waals surface area contributed by atoms with E-state index in [4.69, 9.17) is 4.74 Å². The van der Waals surface area contributed by atoms with Crippen molar-refractivity contribution in [2.45, 2.75) is 25.8 Å². The maximum Gasteiger partial charge on any atom is 0.278 e. The average Bonchev–Trinajstić information content (AvgIpc) is 3.04. The molecule has 1 saturated heterocycles. The molecule has 0 N–H and O–H groups in total. The van der Waals surface area contributed by atoms with Gasteiger partial charge < -0.3 is 4.74 Å². The summed E-state index contributed by atoms with van der Waals surface area (Å²) in [7, 11) is 0. The van der Waals surface area contributed by atoms with E-state index in [-0.39, 0.29) is 16.7 Å². The van der Waals surface area contributed by atoms with E-state index in [1.807, 2.05) is 23.7 Å². The van der Waals surface area contributed by atoms with Crippen molar-refractivity contribution in [3.63, 3.8) is 0 Å². The number of fused-ring (bicyclic) bond motifs is 1. The number of hydrogen-bond acceptors (Lipinski definition) is 5. The van der Waals surface area contributed by atoms with E-state index < -0.39 is 0 Å². The number of ether oxygens (including phenoxy) is 1. The third kappa shape index (κ3) is 2.87. The van der Waals surface area contributed by atoms with Crippen LogP contribution in [-0.4, -0.2) is 32.9 Å². The molecule has 0 bridgehead atoms. The molecule has 0 radical (unpaired) electrons. The minimum absolute atomic E-state index is 0.0876. The van der Waals surface area contributed by atoms with Crippen molar-refractivity contribution in [1.82, 2.24) is 14.8 Å². The van der Waals surface area contributed by atoms with Crippen molar-refractivity contribution in [1.29, 1.82) is 0 Å². The van der Waals surface area contributed by atoms with Crippen LogP contribution in [0, 0.1) is 17.0 Å². The fourth-order valence-corrected chi connectivity index (χ4v) is 3.40. The summed E-state index contributed by atoms with van der Waals surface area (Å²) in [5.74, 6) is 0. The van der Waals surface area contributed by atoms with Gasteiger partial charge in [0.15, 0.2) is 0 Å². The number of nitrogens with zero attached hydrogens (tertiary/aromatic N) is 4. The summed E-state index contributed by atoms with van der Waals surface area (Å²) < 4.78 is 7.41. The second-order valence-electron chi connectivity index (χ2n) is 6.30. The summed E-state index contributed by atoms with van der Waals surface area (Å²) in [6.45, 7) is 3.31. The first kappa shape index (κ1) is 15.7. The zero-order valence-electron chi connectivity index (χ0n) is 13.9. The normalized spacial score (nSPS) is 15.6. The highest BCUT2D eigenvalue weighted by Crippen LogP contribution is 2.35. The highest BCUT2D eigenvalue weighted by Gasteiger charge is 2.22. The standard InChI is InChI=1S/C18H18N4O3/c1-12-8-13(2-5-19-12)16-10-17-14(9-18(16)22(23)24)11-20-21(17)15-3-6-25-7-4-15/h2,5,8-11,15H,3-4,6-7H2,1H3. The Morgan fingerprint density at radius 2 is 2.08 bits per heavy atom. The van der Waals surface area contributed by atoms with Gasteiger partial charge in [-0.3, -0.25) is 19.8 Å². The van der Waals surface area contributed by atoms with Gasteiger partial charge >= 0.3 is 0 Å². The van der Waals surface area contributed by atoms with Gasteiger partial charge in [-0.05, 0) is 43.5 Å². The zero-order valence-corrected chi connectivity index (χ0v) is 13.9. The number of nitro benzene ring substituents is 1. The Morgan fingerprint density at radius 1 is 1.28 bits per heavy atom. The molecule has 4 rings (SSSR count). The Labute approximate surface area is 144 Å². The third-order valence-electron chi connectivity index (χ3n) is 4.65. The Balaban J connectivity index is 1.90. The first-order chi connectivity index (χ1) is 12.1. The first-order valence-electron chi connectivity index (χ1n) is 8.30.